The molecule has 0 aliphatic rings. The number of rotatable bonds is 5. The van der Waals surface area contributed by atoms with Crippen LogP contribution in [0.25, 0.3) is 0 Å². The molecule has 0 atom stereocenters. The Kier molecular flexibility index (Phi) is 4.62. The molecule has 14 heavy (non-hydrogen) atoms. The summed E-state index contributed by atoms with van der Waals surface area (Å²) in [7, 11) is 0. The molecule has 5 nitrogen and oxygen atoms in total. The van der Waals surface area contributed by atoms with Crippen LogP contribution >= 0.6 is 0 Å². The first-order valence-electron chi connectivity index (χ1n) is 3.58. The Labute approximate surface area is 80.5 Å². The van der Waals surface area contributed by atoms with Gasteiger partial charge in [0.15, 0.2) is 0 Å². The van der Waals surface area contributed by atoms with Gasteiger partial charge in [-0.25, -0.2) is 4.79 Å². The lowest BCUT2D eigenvalue weighted by atomic mass is 10.1. The van der Waals surface area contributed by atoms with Gasteiger partial charge >= 0.3 is 5.97 Å². The van der Waals surface area contributed by atoms with Crippen LogP contribution < -0.4 is 0 Å². The first kappa shape index (κ1) is 11.8. The predicted molar refractivity (Wildman–Crippen MR) is 51.2 cm³/mol. The molecule has 5 heteroatoms. The monoisotopic (exact) mass is 195 g/mol. The van der Waals surface area contributed by atoms with Gasteiger partial charge in [-0.1, -0.05) is 25.3 Å². The number of hydrogen-bond acceptors (Lipinski definition) is 3. The predicted octanol–water partition coefficient (Wildman–Crippen LogP) is 1.53. The van der Waals surface area contributed by atoms with E-state index in [1.54, 1.807) is 0 Å². The zero-order valence-electron chi connectivity index (χ0n) is 7.34. The number of nitrogens with zero attached hydrogens (tertiary/aromatic N) is 1. The molecule has 0 spiro atoms. The molecule has 0 saturated heterocycles. The van der Waals surface area contributed by atoms with Crippen LogP contribution in [0.4, 0.5) is 0 Å². The summed E-state index contributed by atoms with van der Waals surface area (Å²) in [6.07, 6.45) is 4.39. The third-order valence-electron chi connectivity index (χ3n) is 1.26. The fraction of sp³-hybridized carbons (Fsp3) is 0. The van der Waals surface area contributed by atoms with Crippen molar-refractivity contribution in [3.8, 4) is 0 Å². The van der Waals surface area contributed by atoms with Gasteiger partial charge in [0.1, 0.15) is 5.57 Å². The smallest absolute Gasteiger partial charge is 0.342 e. The summed E-state index contributed by atoms with van der Waals surface area (Å²) in [4.78, 5) is 20.3. The number of hydrogen-bond donors (Lipinski definition) is 1. The Morgan fingerprint density at radius 1 is 1.29 bits per heavy atom. The number of carbonyl (C=O) groups is 1. The number of carboxylic acids is 1. The molecule has 0 bridgehead atoms. The molecule has 0 amide bonds. The normalized spacial score (nSPS) is 12.0. The lowest BCUT2D eigenvalue weighted by Gasteiger charge is -1.97. The highest BCUT2D eigenvalue weighted by molar-refractivity contribution is 5.91. The van der Waals surface area contributed by atoms with Gasteiger partial charge in [0.25, 0.3) is 5.70 Å². The van der Waals surface area contributed by atoms with Crippen LogP contribution in [0.2, 0.25) is 0 Å². The molecule has 0 aromatic carbocycles. The molecule has 0 aromatic heterocycles. The summed E-state index contributed by atoms with van der Waals surface area (Å²) < 4.78 is 0. The average molecular weight is 195 g/mol. The van der Waals surface area contributed by atoms with Gasteiger partial charge in [-0.05, 0) is 6.08 Å². The summed E-state index contributed by atoms with van der Waals surface area (Å²) in [6.45, 7) is 6.53. The van der Waals surface area contributed by atoms with E-state index < -0.39 is 22.2 Å². The van der Waals surface area contributed by atoms with E-state index in [9.17, 15) is 14.9 Å². The summed E-state index contributed by atoms with van der Waals surface area (Å²) in [5, 5.41) is 19.1. The molecule has 0 aliphatic carbocycles. The maximum absolute atomic E-state index is 10.6. The average Bonchev–Trinajstić information content (AvgIpc) is 2.10. The second-order valence-electron chi connectivity index (χ2n) is 2.17. The molecule has 0 fully saturated rings. The lowest BCUT2D eigenvalue weighted by molar-refractivity contribution is -0.420. The second-order valence-corrected chi connectivity index (χ2v) is 2.17. The zero-order chi connectivity index (χ0) is 11.1. The van der Waals surface area contributed by atoms with Gasteiger partial charge in [0.2, 0.25) is 0 Å². The van der Waals surface area contributed by atoms with E-state index >= 15 is 0 Å². The molecule has 0 aromatic rings. The van der Waals surface area contributed by atoms with Gasteiger partial charge in [-0.15, -0.1) is 0 Å². The topological polar surface area (TPSA) is 80.4 Å². The Morgan fingerprint density at radius 3 is 2.07 bits per heavy atom. The van der Waals surface area contributed by atoms with Crippen molar-refractivity contribution in [2.75, 3.05) is 0 Å². The van der Waals surface area contributed by atoms with Crippen molar-refractivity contribution in [2.24, 2.45) is 0 Å². The van der Waals surface area contributed by atoms with Crippen LogP contribution in [0.15, 0.2) is 48.7 Å². The Bertz CT molecular complexity index is 305. The van der Waals surface area contributed by atoms with Crippen LogP contribution in [0, 0.1) is 10.1 Å². The van der Waals surface area contributed by atoms with E-state index in [2.05, 4.69) is 13.2 Å². The summed E-state index contributed by atoms with van der Waals surface area (Å²) >= 11 is 0. The second kappa shape index (κ2) is 5.47. The van der Waals surface area contributed by atoms with Crippen molar-refractivity contribution in [3.63, 3.8) is 0 Å². The van der Waals surface area contributed by atoms with E-state index in [4.69, 9.17) is 5.11 Å². The van der Waals surface area contributed by atoms with Crippen molar-refractivity contribution >= 4 is 5.97 Å². The minimum Gasteiger partial charge on any atom is -0.477 e. The number of nitro groups is 1. The standard InChI is InChI=1S/C9H9NO4/c1-3-5-7(9(11)12)8(6-4-2)10(13)14/h3-6H,1-2H2,(H,11,12)/b7-5+,8-6+. The SMILES string of the molecule is C=C/C=C(C(=O)O)\C(=C/C=C)[N+](=O)[O-]. The van der Waals surface area contributed by atoms with Gasteiger partial charge < -0.3 is 5.11 Å². The molecular formula is C9H9NO4. The van der Waals surface area contributed by atoms with Gasteiger partial charge in [0.05, 0.1) is 4.92 Å². The first-order chi connectivity index (χ1) is 6.54. The van der Waals surface area contributed by atoms with Crippen LogP contribution in [0.3, 0.4) is 0 Å². The van der Waals surface area contributed by atoms with E-state index in [0.717, 1.165) is 18.2 Å². The lowest BCUT2D eigenvalue weighted by Crippen LogP contribution is -2.10. The third-order valence-corrected chi connectivity index (χ3v) is 1.26. The van der Waals surface area contributed by atoms with Crippen LogP contribution in [-0.4, -0.2) is 16.0 Å². The van der Waals surface area contributed by atoms with Crippen molar-refractivity contribution in [1.82, 2.24) is 0 Å². The third kappa shape index (κ3) is 3.06. The van der Waals surface area contributed by atoms with Crippen molar-refractivity contribution in [2.45, 2.75) is 0 Å². The van der Waals surface area contributed by atoms with Crippen LogP contribution in [-0.2, 0) is 4.79 Å². The van der Waals surface area contributed by atoms with E-state index in [0.29, 0.717) is 0 Å². The number of carboxylic acid groups (broad SMARTS) is 1. The Hall–Kier alpha value is -2.17. The molecule has 0 heterocycles. The summed E-state index contributed by atoms with van der Waals surface area (Å²) in [5.74, 6) is -1.38. The maximum atomic E-state index is 10.6. The van der Waals surface area contributed by atoms with Gasteiger partial charge in [-0.2, -0.15) is 0 Å². The molecule has 0 aliphatic heterocycles. The molecule has 0 rings (SSSR count). The van der Waals surface area contributed by atoms with E-state index in [-0.39, 0.29) is 0 Å². The number of allylic oxidation sites excluding steroid dienone is 4. The van der Waals surface area contributed by atoms with Crippen molar-refractivity contribution in [3.05, 3.63) is 58.8 Å². The quantitative estimate of drug-likeness (QED) is 0.312. The van der Waals surface area contributed by atoms with Crippen molar-refractivity contribution in [1.29, 1.82) is 0 Å². The van der Waals surface area contributed by atoms with Gasteiger partial charge in [-0.3, -0.25) is 10.1 Å². The Balaban J connectivity index is 5.35. The molecule has 0 saturated carbocycles. The summed E-state index contributed by atoms with van der Waals surface area (Å²) in [6, 6.07) is 0. The minimum absolute atomic E-state index is 0.426. The summed E-state index contributed by atoms with van der Waals surface area (Å²) in [5.41, 5.74) is -0.947. The fourth-order valence-corrected chi connectivity index (χ4v) is 0.745. The van der Waals surface area contributed by atoms with E-state index in [1.807, 2.05) is 0 Å². The molecular weight excluding hydrogens is 186 g/mol. The maximum Gasteiger partial charge on any atom is 0.342 e. The molecule has 1 N–H and O–H groups in total. The first-order valence-corrected chi connectivity index (χ1v) is 3.58. The Morgan fingerprint density at radius 2 is 1.79 bits per heavy atom. The van der Waals surface area contributed by atoms with Crippen molar-refractivity contribution < 1.29 is 14.8 Å². The van der Waals surface area contributed by atoms with Crippen LogP contribution in [0.1, 0.15) is 0 Å². The fourth-order valence-electron chi connectivity index (χ4n) is 0.745. The van der Waals surface area contributed by atoms with E-state index in [1.165, 1.54) is 6.08 Å². The molecule has 0 unspecified atom stereocenters. The molecule has 0 radical (unpaired) electrons. The van der Waals surface area contributed by atoms with Gasteiger partial charge in [0, 0.05) is 6.08 Å². The van der Waals surface area contributed by atoms with Crippen LogP contribution in [0.5, 0.6) is 0 Å². The molecule has 74 valence electrons. The highest BCUT2D eigenvalue weighted by atomic mass is 16.6. The highest BCUT2D eigenvalue weighted by Crippen LogP contribution is 2.11. The largest absolute Gasteiger partial charge is 0.477 e. The minimum atomic E-state index is -1.38. The number of aliphatic carboxylic acids is 1. The highest BCUT2D eigenvalue weighted by Gasteiger charge is 2.22. The zero-order valence-corrected chi connectivity index (χ0v) is 7.34.